The highest BCUT2D eigenvalue weighted by Crippen LogP contribution is 2.60. The predicted octanol–water partition coefficient (Wildman–Crippen LogP) is 5.64. The van der Waals surface area contributed by atoms with E-state index < -0.39 is 23.4 Å². The predicted molar refractivity (Wildman–Crippen MR) is 144 cm³/mol. The second-order valence-corrected chi connectivity index (χ2v) is 13.6. The molecule has 0 spiro atoms. The zero-order valence-electron chi connectivity index (χ0n) is 23.4. The summed E-state index contributed by atoms with van der Waals surface area (Å²) >= 11 is 0. The lowest BCUT2D eigenvalue weighted by atomic mass is 9.60. The number of fused-ring (bicyclic) bond motifs is 1. The Bertz CT molecular complexity index is 802. The molecule has 0 aromatic carbocycles. The molecule has 3 fully saturated rings. The average Bonchev–Trinajstić information content (AvgIpc) is 3.09. The van der Waals surface area contributed by atoms with Gasteiger partial charge in [-0.1, -0.05) is 43.1 Å². The minimum absolute atomic E-state index is 0.0811. The first-order chi connectivity index (χ1) is 16.7. The van der Waals surface area contributed by atoms with E-state index in [1.54, 1.807) is 13.8 Å². The van der Waals surface area contributed by atoms with Crippen LogP contribution in [0.15, 0.2) is 23.3 Å². The van der Waals surface area contributed by atoms with E-state index in [9.17, 15) is 25.2 Å². The molecule has 3 aliphatic rings. The van der Waals surface area contributed by atoms with Crippen LogP contribution < -0.4 is 0 Å². The van der Waals surface area contributed by atoms with Crippen molar-refractivity contribution in [2.75, 3.05) is 0 Å². The summed E-state index contributed by atoms with van der Waals surface area (Å²) in [6.07, 6.45) is 15.1. The summed E-state index contributed by atoms with van der Waals surface area (Å²) in [5, 5.41) is 40.6. The number of Topliss-reactive ketones (excluding diaryl/α,β-unsaturated/α-hetero) is 1. The van der Waals surface area contributed by atoms with Crippen molar-refractivity contribution in [2.24, 2.45) is 23.2 Å². The van der Waals surface area contributed by atoms with Gasteiger partial charge in [-0.05, 0) is 115 Å². The molecule has 0 saturated heterocycles. The van der Waals surface area contributed by atoms with E-state index in [4.69, 9.17) is 0 Å². The fourth-order valence-corrected chi connectivity index (χ4v) is 7.55. The van der Waals surface area contributed by atoms with E-state index in [0.717, 1.165) is 44.1 Å². The molecule has 0 aromatic rings. The Labute approximate surface area is 219 Å². The Morgan fingerprint density at radius 3 is 2.33 bits per heavy atom. The number of allylic oxidation sites excluding steroid dienone is 3. The van der Waals surface area contributed by atoms with Gasteiger partial charge < -0.3 is 20.4 Å². The topological polar surface area (TPSA) is 98.0 Å². The zero-order chi connectivity index (χ0) is 26.7. The smallest absolute Gasteiger partial charge is 0.163 e. The van der Waals surface area contributed by atoms with E-state index in [2.05, 4.69) is 19.1 Å². The van der Waals surface area contributed by atoms with Gasteiger partial charge in [0.2, 0.25) is 0 Å². The molecule has 3 aliphatic carbocycles. The number of hydrogen-bond donors (Lipinski definition) is 4. The van der Waals surface area contributed by atoms with Crippen LogP contribution in [0.1, 0.15) is 118 Å². The molecule has 5 nitrogen and oxygen atoms in total. The van der Waals surface area contributed by atoms with Gasteiger partial charge in [-0.2, -0.15) is 0 Å². The summed E-state index contributed by atoms with van der Waals surface area (Å²) in [4.78, 5) is 12.6. The molecule has 0 amide bonds. The number of carbonyl (C=O) groups excluding carboxylic acids is 1. The summed E-state index contributed by atoms with van der Waals surface area (Å²) in [5.74, 6) is 1.40. The summed E-state index contributed by atoms with van der Waals surface area (Å²) in [5.41, 5.74) is 0.894. The molecule has 6 atom stereocenters. The van der Waals surface area contributed by atoms with E-state index in [0.29, 0.717) is 43.4 Å². The highest BCUT2D eigenvalue weighted by molar-refractivity contribution is 5.86. The van der Waals surface area contributed by atoms with Crippen LogP contribution in [0.25, 0.3) is 0 Å². The Hall–Kier alpha value is -1.01. The maximum Gasteiger partial charge on any atom is 0.163 e. The van der Waals surface area contributed by atoms with Gasteiger partial charge in [0.25, 0.3) is 0 Å². The maximum absolute atomic E-state index is 12.6. The molecule has 0 aliphatic heterocycles. The summed E-state index contributed by atoms with van der Waals surface area (Å²) in [6.45, 7) is 9.36. The van der Waals surface area contributed by atoms with E-state index in [-0.39, 0.29) is 11.2 Å². The van der Waals surface area contributed by atoms with Crippen LogP contribution in [0, 0.1) is 23.2 Å². The molecule has 3 saturated carbocycles. The first-order valence-corrected chi connectivity index (χ1v) is 14.4. The van der Waals surface area contributed by atoms with Crippen molar-refractivity contribution >= 4 is 5.78 Å². The third kappa shape index (κ3) is 7.75. The van der Waals surface area contributed by atoms with Gasteiger partial charge in [-0.15, -0.1) is 0 Å². The molecule has 36 heavy (non-hydrogen) atoms. The van der Waals surface area contributed by atoms with Gasteiger partial charge in [0, 0.05) is 6.42 Å². The molecule has 5 heteroatoms. The summed E-state index contributed by atoms with van der Waals surface area (Å²) in [6, 6.07) is 0. The molecule has 3 unspecified atom stereocenters. The van der Waals surface area contributed by atoms with Crippen molar-refractivity contribution in [3.05, 3.63) is 23.3 Å². The molecule has 0 radical (unpaired) electrons. The first-order valence-electron chi connectivity index (χ1n) is 14.4. The van der Waals surface area contributed by atoms with Gasteiger partial charge in [0.15, 0.2) is 5.78 Å². The largest absolute Gasteiger partial charge is 0.393 e. The van der Waals surface area contributed by atoms with E-state index >= 15 is 0 Å². The van der Waals surface area contributed by atoms with Gasteiger partial charge in [-0.25, -0.2) is 0 Å². The number of ketones is 1. The van der Waals surface area contributed by atoms with Crippen molar-refractivity contribution in [1.82, 2.24) is 0 Å². The van der Waals surface area contributed by atoms with Gasteiger partial charge in [-0.3, -0.25) is 4.79 Å². The van der Waals surface area contributed by atoms with Crippen molar-refractivity contribution in [2.45, 2.75) is 141 Å². The Balaban J connectivity index is 1.76. The van der Waals surface area contributed by atoms with E-state index in [1.165, 1.54) is 24.8 Å². The monoisotopic (exact) mass is 504 g/mol. The van der Waals surface area contributed by atoms with Crippen LogP contribution in [0.5, 0.6) is 0 Å². The van der Waals surface area contributed by atoms with Crippen molar-refractivity contribution in [3.63, 3.8) is 0 Å². The molecular formula is C31H52O5. The average molecular weight is 505 g/mol. The molecule has 4 N–H and O–H groups in total. The van der Waals surface area contributed by atoms with Gasteiger partial charge >= 0.3 is 0 Å². The second-order valence-electron chi connectivity index (χ2n) is 13.6. The molecule has 0 heterocycles. The maximum atomic E-state index is 12.6. The minimum Gasteiger partial charge on any atom is -0.393 e. The quantitative estimate of drug-likeness (QED) is 0.309. The zero-order valence-corrected chi connectivity index (χ0v) is 23.4. The minimum atomic E-state index is -1.28. The van der Waals surface area contributed by atoms with Crippen molar-refractivity contribution in [1.29, 1.82) is 0 Å². The van der Waals surface area contributed by atoms with E-state index in [1.807, 2.05) is 13.8 Å². The third-order valence-electron chi connectivity index (χ3n) is 9.47. The highest BCUT2D eigenvalue weighted by Gasteiger charge is 2.51. The van der Waals surface area contributed by atoms with Gasteiger partial charge in [0.05, 0.1) is 17.8 Å². The summed E-state index contributed by atoms with van der Waals surface area (Å²) < 4.78 is 0. The van der Waals surface area contributed by atoms with Crippen LogP contribution in [-0.4, -0.2) is 49.6 Å². The fourth-order valence-electron chi connectivity index (χ4n) is 7.55. The molecule has 0 aromatic heterocycles. The highest BCUT2D eigenvalue weighted by atomic mass is 16.3. The standard InChI is InChI=1S/C31H52O5/c1-29(2,35)16-6-8-23(12-15-28(34)30(3,4)36)27-14-13-26-22(9-7-17-31(26,27)5)11-10-21-18-24(32)20-25(33)19-21/h10-11,23-27,32-33,35-36H,6-9,12-20H2,1-5H3/t23-,24+,25?,26?,27?,31-/m0/s1. The number of aliphatic hydroxyl groups excluding tert-OH is 2. The molecular weight excluding hydrogens is 452 g/mol. The van der Waals surface area contributed by atoms with Gasteiger partial charge in [0.1, 0.15) is 5.60 Å². The van der Waals surface area contributed by atoms with Crippen molar-refractivity contribution < 1.29 is 25.2 Å². The lowest BCUT2D eigenvalue weighted by molar-refractivity contribution is -0.134. The van der Waals surface area contributed by atoms with Crippen LogP contribution in [0.3, 0.4) is 0 Å². The molecule has 0 bridgehead atoms. The Kier molecular flexibility index (Phi) is 9.68. The van der Waals surface area contributed by atoms with Crippen LogP contribution in [0.2, 0.25) is 0 Å². The molecule has 206 valence electrons. The summed E-state index contributed by atoms with van der Waals surface area (Å²) in [7, 11) is 0. The normalized spacial score (nSPS) is 34.7. The van der Waals surface area contributed by atoms with Crippen LogP contribution >= 0.6 is 0 Å². The lowest BCUT2D eigenvalue weighted by Crippen LogP contribution is -2.37. The van der Waals surface area contributed by atoms with Crippen molar-refractivity contribution in [3.8, 4) is 0 Å². The van der Waals surface area contributed by atoms with Crippen LogP contribution in [0.4, 0.5) is 0 Å². The SMILES string of the molecule is CC(C)(O)CCC[C@@H](CCC(=O)C(C)(C)O)C1CCC2C(=CC=C3CC(O)C[C@H](O)C3)CCC[C@@]21C. The fraction of sp³-hybridized carbons (Fsp3) is 0.839. The Morgan fingerprint density at radius 1 is 1.06 bits per heavy atom. The van der Waals surface area contributed by atoms with Crippen LogP contribution in [-0.2, 0) is 4.79 Å². The lowest BCUT2D eigenvalue weighted by Gasteiger charge is -2.45. The third-order valence-corrected chi connectivity index (χ3v) is 9.47. The first kappa shape index (κ1) is 29.5. The molecule has 3 rings (SSSR count). The number of hydrogen-bond acceptors (Lipinski definition) is 5. The second kappa shape index (κ2) is 11.8. The number of aliphatic hydroxyl groups is 4. The Morgan fingerprint density at radius 2 is 1.72 bits per heavy atom. The number of carbonyl (C=O) groups is 1. The number of rotatable bonds is 10.